The number of halogens is 1. The van der Waals surface area contributed by atoms with Crippen LogP contribution in [0.25, 0.3) is 22.2 Å². The highest BCUT2D eigenvalue weighted by molar-refractivity contribution is 7.90. The highest BCUT2D eigenvalue weighted by atomic mass is 32.2. The Bertz CT molecular complexity index is 1600. The molecule has 1 fully saturated rings. The van der Waals surface area contributed by atoms with Crippen LogP contribution in [-0.2, 0) is 14.8 Å². The summed E-state index contributed by atoms with van der Waals surface area (Å²) >= 11 is 0. The molecule has 1 atom stereocenters. The third-order valence-corrected chi connectivity index (χ3v) is 8.47. The molecule has 0 saturated heterocycles. The van der Waals surface area contributed by atoms with Crippen molar-refractivity contribution in [3.05, 3.63) is 90.5 Å². The highest BCUT2D eigenvalue weighted by Crippen LogP contribution is 2.29. The number of fused-ring (bicyclic) bond motifs is 1. The van der Waals surface area contributed by atoms with E-state index in [0.717, 1.165) is 16.8 Å². The second kappa shape index (κ2) is 11.4. The summed E-state index contributed by atoms with van der Waals surface area (Å²) in [4.78, 5) is 21.5. The maximum absolute atomic E-state index is 13.2. The lowest BCUT2D eigenvalue weighted by atomic mass is 9.82. The Labute approximate surface area is 227 Å². The molecule has 9 heteroatoms. The van der Waals surface area contributed by atoms with Crippen molar-refractivity contribution >= 4 is 33.0 Å². The van der Waals surface area contributed by atoms with Crippen molar-refractivity contribution in [1.82, 2.24) is 15.3 Å². The van der Waals surface area contributed by atoms with Gasteiger partial charge in [-0.2, -0.15) is 12.8 Å². The first-order valence-electron chi connectivity index (χ1n) is 13.0. The van der Waals surface area contributed by atoms with Crippen LogP contribution in [-0.4, -0.2) is 30.5 Å². The summed E-state index contributed by atoms with van der Waals surface area (Å²) in [5.74, 6) is -0.498. The van der Waals surface area contributed by atoms with Gasteiger partial charge >= 0.3 is 0 Å². The number of rotatable bonds is 7. The molecule has 4 aromatic rings. The predicted octanol–water partition coefficient (Wildman–Crippen LogP) is 5.88. The minimum absolute atomic E-state index is 0.0107. The number of carbonyl (C=O) groups excluding carboxylic acids is 1. The topological polar surface area (TPSA) is 101 Å². The van der Waals surface area contributed by atoms with Gasteiger partial charge in [-0.1, -0.05) is 18.2 Å². The van der Waals surface area contributed by atoms with Gasteiger partial charge in [-0.3, -0.25) is 9.78 Å². The van der Waals surface area contributed by atoms with E-state index in [1.165, 1.54) is 24.4 Å². The summed E-state index contributed by atoms with van der Waals surface area (Å²) in [5.41, 5.74) is 3.25. The Balaban J connectivity index is 1.18. The summed E-state index contributed by atoms with van der Waals surface area (Å²) in [6.45, 7) is 1.87. The van der Waals surface area contributed by atoms with Crippen molar-refractivity contribution in [3.63, 3.8) is 0 Å². The van der Waals surface area contributed by atoms with Crippen molar-refractivity contribution in [2.45, 2.75) is 43.5 Å². The summed E-state index contributed by atoms with van der Waals surface area (Å²) in [5, 5.41) is 3.72. The number of sulfonamides is 1. The smallest absolute Gasteiger partial charge is 0.282 e. The Morgan fingerprint density at radius 1 is 1.00 bits per heavy atom. The Hall–Kier alpha value is -3.98. The van der Waals surface area contributed by atoms with Gasteiger partial charge in [0, 0.05) is 35.5 Å². The molecular weight excluding hydrogens is 515 g/mol. The number of hydrogen-bond donors (Lipinski definition) is 1. The molecule has 1 aliphatic carbocycles. The van der Waals surface area contributed by atoms with Crippen LogP contribution in [0.4, 0.5) is 4.39 Å². The lowest BCUT2D eigenvalue weighted by Gasteiger charge is -2.27. The average Bonchev–Trinajstić information content (AvgIpc) is 2.96. The average molecular weight is 545 g/mol. The zero-order valence-electron chi connectivity index (χ0n) is 21.5. The molecule has 2 aromatic carbocycles. The van der Waals surface area contributed by atoms with E-state index >= 15 is 0 Å². The van der Waals surface area contributed by atoms with E-state index in [1.54, 1.807) is 36.7 Å². The van der Waals surface area contributed by atoms with E-state index in [2.05, 4.69) is 19.7 Å². The summed E-state index contributed by atoms with van der Waals surface area (Å²) in [6.07, 6.45) is 7.59. The monoisotopic (exact) mass is 544 g/mol. The van der Waals surface area contributed by atoms with Gasteiger partial charge < -0.3 is 5.32 Å². The second-order valence-electron chi connectivity index (χ2n) is 9.91. The zero-order chi connectivity index (χ0) is 27.4. The first-order valence-corrected chi connectivity index (χ1v) is 14.4. The first kappa shape index (κ1) is 26.6. The molecular formula is C30H29FN4O3S. The summed E-state index contributed by atoms with van der Waals surface area (Å²) in [6, 6.07) is 18.1. The van der Waals surface area contributed by atoms with Crippen LogP contribution in [0.15, 0.2) is 88.4 Å². The number of nitrogens with zero attached hydrogens (tertiary/aromatic N) is 3. The van der Waals surface area contributed by atoms with Crippen LogP contribution >= 0.6 is 0 Å². The van der Waals surface area contributed by atoms with Gasteiger partial charge in [-0.25, -0.2) is 9.37 Å². The van der Waals surface area contributed by atoms with E-state index in [9.17, 15) is 17.6 Å². The fourth-order valence-corrected chi connectivity index (χ4v) is 5.84. The van der Waals surface area contributed by atoms with Crippen molar-refractivity contribution < 1.29 is 17.6 Å². The molecule has 0 radical (unpaired) electrons. The van der Waals surface area contributed by atoms with Crippen LogP contribution in [0.3, 0.4) is 0 Å². The van der Waals surface area contributed by atoms with Gasteiger partial charge in [0.15, 0.2) is 0 Å². The van der Waals surface area contributed by atoms with Gasteiger partial charge in [0.2, 0.25) is 5.91 Å². The molecule has 7 nitrogen and oxygen atoms in total. The molecule has 2 aromatic heterocycles. The van der Waals surface area contributed by atoms with Gasteiger partial charge in [0.25, 0.3) is 10.0 Å². The molecule has 5 rings (SSSR count). The Morgan fingerprint density at radius 3 is 2.44 bits per heavy atom. The summed E-state index contributed by atoms with van der Waals surface area (Å²) in [7, 11) is -3.87. The number of aromatic nitrogens is 2. The number of nitrogens with one attached hydrogen (secondary N) is 1. The molecule has 39 heavy (non-hydrogen) atoms. The van der Waals surface area contributed by atoms with E-state index < -0.39 is 10.0 Å². The third-order valence-electron chi connectivity index (χ3n) is 7.22. The number of pyridine rings is 2. The van der Waals surface area contributed by atoms with E-state index in [0.29, 0.717) is 36.6 Å². The van der Waals surface area contributed by atoms with Crippen molar-refractivity contribution in [1.29, 1.82) is 0 Å². The SMILES string of the molecule is C[C@@H](NC(=O)C1CCC(/C=N/S(=O)(=O)c2ccc3nc(-c4ccncc4)ccc3c2)CC1)c1ccc(F)cc1. The number of amides is 1. The largest absolute Gasteiger partial charge is 0.349 e. The standard InChI is InChI=1S/C30H29FN4O3S/c1-20(22-6-9-26(31)10-7-22)34-30(36)24-4-2-21(3-5-24)19-33-39(37,38)27-11-13-29-25(18-27)8-12-28(35-29)23-14-16-32-17-15-23/h6-21,24H,2-5H2,1H3,(H,34,36)/b33-19+/t20-,21?,24?/m1/s1. The van der Waals surface area contributed by atoms with Gasteiger partial charge in [-0.15, -0.1) is 0 Å². The van der Waals surface area contributed by atoms with E-state index in [1.807, 2.05) is 31.2 Å². The zero-order valence-corrected chi connectivity index (χ0v) is 22.3. The molecule has 0 aliphatic heterocycles. The maximum Gasteiger partial charge on any atom is 0.282 e. The highest BCUT2D eigenvalue weighted by Gasteiger charge is 2.27. The molecule has 2 heterocycles. The van der Waals surface area contributed by atoms with Crippen molar-refractivity contribution in [3.8, 4) is 11.3 Å². The van der Waals surface area contributed by atoms with E-state index in [4.69, 9.17) is 0 Å². The summed E-state index contributed by atoms with van der Waals surface area (Å²) < 4.78 is 43.0. The molecule has 200 valence electrons. The van der Waals surface area contributed by atoms with Crippen LogP contribution in [0, 0.1) is 17.7 Å². The quantitative estimate of drug-likeness (QED) is 0.293. The first-order chi connectivity index (χ1) is 18.8. The fraction of sp³-hybridized carbons (Fsp3) is 0.267. The maximum atomic E-state index is 13.2. The Kier molecular flexibility index (Phi) is 7.79. The molecule has 1 saturated carbocycles. The molecule has 0 bridgehead atoms. The lowest BCUT2D eigenvalue weighted by molar-refractivity contribution is -0.126. The van der Waals surface area contributed by atoms with Gasteiger partial charge in [-0.05, 0) is 92.6 Å². The molecule has 1 N–H and O–H groups in total. The van der Waals surface area contributed by atoms with Crippen LogP contribution in [0.1, 0.15) is 44.2 Å². The Morgan fingerprint density at radius 2 is 1.72 bits per heavy atom. The van der Waals surface area contributed by atoms with Crippen LogP contribution in [0.2, 0.25) is 0 Å². The van der Waals surface area contributed by atoms with E-state index in [-0.39, 0.29) is 34.5 Å². The minimum atomic E-state index is -3.87. The minimum Gasteiger partial charge on any atom is -0.349 e. The fourth-order valence-electron chi connectivity index (χ4n) is 4.87. The molecule has 1 aliphatic rings. The molecule has 0 unspecified atom stereocenters. The number of carbonyl (C=O) groups is 1. The van der Waals surface area contributed by atoms with Crippen molar-refractivity contribution in [2.75, 3.05) is 0 Å². The molecule has 1 amide bonds. The van der Waals surface area contributed by atoms with Crippen LogP contribution in [0.5, 0.6) is 0 Å². The van der Waals surface area contributed by atoms with Crippen molar-refractivity contribution in [2.24, 2.45) is 16.2 Å². The predicted molar refractivity (Wildman–Crippen MR) is 149 cm³/mol. The normalized spacial score (nSPS) is 18.7. The molecule has 0 spiro atoms. The second-order valence-corrected chi connectivity index (χ2v) is 11.5. The number of hydrogen-bond acceptors (Lipinski definition) is 5. The number of benzene rings is 2. The van der Waals surface area contributed by atoms with Crippen LogP contribution < -0.4 is 5.32 Å². The van der Waals surface area contributed by atoms with Gasteiger partial charge in [0.05, 0.1) is 22.1 Å². The van der Waals surface area contributed by atoms with Gasteiger partial charge in [0.1, 0.15) is 5.82 Å². The third kappa shape index (κ3) is 6.37. The lowest BCUT2D eigenvalue weighted by Crippen LogP contribution is -2.35.